The van der Waals surface area contributed by atoms with Gasteiger partial charge in [-0.1, -0.05) is 35.8 Å². The highest BCUT2D eigenvalue weighted by molar-refractivity contribution is 9.10. The number of hydrogen-bond donors (Lipinski definition) is 1. The van der Waals surface area contributed by atoms with Crippen LogP contribution in [-0.4, -0.2) is 11.9 Å². The lowest BCUT2D eigenvalue weighted by Gasteiger charge is -2.09. The molecule has 1 fully saturated rings. The van der Waals surface area contributed by atoms with Crippen LogP contribution in [0.3, 0.4) is 0 Å². The second-order valence-electron chi connectivity index (χ2n) is 5.18. The minimum atomic E-state index is 0.0365. The fourth-order valence-corrected chi connectivity index (χ4v) is 2.15. The van der Waals surface area contributed by atoms with Gasteiger partial charge in [0.1, 0.15) is 0 Å². The standard InChI is InChI=1S/C13H16BrNO/c1-8-4-5-9(14)6-10(8)12(16)15-11-7-13(11,2)3/h4-6,11H,7H2,1-3H3,(H,15,16). The van der Waals surface area contributed by atoms with Crippen molar-refractivity contribution in [1.29, 1.82) is 0 Å². The minimum absolute atomic E-state index is 0.0365. The van der Waals surface area contributed by atoms with Crippen LogP contribution in [0.1, 0.15) is 36.2 Å². The maximum atomic E-state index is 12.0. The molecule has 0 bridgehead atoms. The Balaban J connectivity index is 2.12. The SMILES string of the molecule is Cc1ccc(Br)cc1C(=O)NC1CC1(C)C. The Morgan fingerprint density at radius 3 is 2.69 bits per heavy atom. The third kappa shape index (κ3) is 2.29. The van der Waals surface area contributed by atoms with Crippen LogP contribution in [0.5, 0.6) is 0 Å². The molecule has 3 heteroatoms. The van der Waals surface area contributed by atoms with Gasteiger partial charge in [0.05, 0.1) is 0 Å². The zero-order chi connectivity index (χ0) is 11.9. The van der Waals surface area contributed by atoms with Crippen LogP contribution in [0.25, 0.3) is 0 Å². The highest BCUT2D eigenvalue weighted by Crippen LogP contribution is 2.44. The van der Waals surface area contributed by atoms with Gasteiger partial charge in [-0.15, -0.1) is 0 Å². The molecular weight excluding hydrogens is 266 g/mol. The van der Waals surface area contributed by atoms with E-state index in [-0.39, 0.29) is 11.3 Å². The van der Waals surface area contributed by atoms with Gasteiger partial charge in [-0.3, -0.25) is 4.79 Å². The van der Waals surface area contributed by atoms with Crippen molar-refractivity contribution in [3.05, 3.63) is 33.8 Å². The molecule has 1 aromatic rings. The lowest BCUT2D eigenvalue weighted by molar-refractivity contribution is 0.0945. The maximum absolute atomic E-state index is 12.0. The van der Waals surface area contributed by atoms with Crippen molar-refractivity contribution in [2.24, 2.45) is 5.41 Å². The van der Waals surface area contributed by atoms with Gasteiger partial charge in [-0.2, -0.15) is 0 Å². The monoisotopic (exact) mass is 281 g/mol. The van der Waals surface area contributed by atoms with E-state index in [0.29, 0.717) is 6.04 Å². The number of carbonyl (C=O) groups is 1. The Labute approximate surface area is 105 Å². The fraction of sp³-hybridized carbons (Fsp3) is 0.462. The van der Waals surface area contributed by atoms with Gasteiger partial charge in [0, 0.05) is 16.1 Å². The van der Waals surface area contributed by atoms with Gasteiger partial charge in [-0.05, 0) is 36.5 Å². The summed E-state index contributed by atoms with van der Waals surface area (Å²) in [6, 6.07) is 6.11. The van der Waals surface area contributed by atoms with E-state index in [4.69, 9.17) is 0 Å². The molecule has 2 nitrogen and oxygen atoms in total. The number of amides is 1. The first-order valence-electron chi connectivity index (χ1n) is 5.47. The number of hydrogen-bond acceptors (Lipinski definition) is 1. The zero-order valence-electron chi connectivity index (χ0n) is 9.80. The third-order valence-corrected chi connectivity index (χ3v) is 3.76. The van der Waals surface area contributed by atoms with Crippen molar-refractivity contribution < 1.29 is 4.79 Å². The summed E-state index contributed by atoms with van der Waals surface area (Å²) in [5, 5.41) is 3.07. The van der Waals surface area contributed by atoms with Gasteiger partial charge >= 0.3 is 0 Å². The predicted molar refractivity (Wildman–Crippen MR) is 68.5 cm³/mol. The molecule has 1 unspecified atom stereocenters. The Kier molecular flexibility index (Phi) is 2.82. The average Bonchev–Trinajstić information content (AvgIpc) is 2.77. The van der Waals surface area contributed by atoms with Crippen molar-refractivity contribution in [3.63, 3.8) is 0 Å². The lowest BCUT2D eigenvalue weighted by Crippen LogP contribution is -2.28. The average molecular weight is 282 g/mol. The molecule has 86 valence electrons. The van der Waals surface area contributed by atoms with Crippen molar-refractivity contribution >= 4 is 21.8 Å². The van der Waals surface area contributed by atoms with Gasteiger partial charge in [0.15, 0.2) is 0 Å². The smallest absolute Gasteiger partial charge is 0.251 e. The highest BCUT2D eigenvalue weighted by Gasteiger charge is 2.46. The number of nitrogens with one attached hydrogen (secondary N) is 1. The molecule has 2 rings (SSSR count). The van der Waals surface area contributed by atoms with Crippen LogP contribution < -0.4 is 5.32 Å². The molecule has 0 spiro atoms. The Hall–Kier alpha value is -0.830. The van der Waals surface area contributed by atoms with E-state index >= 15 is 0 Å². The minimum Gasteiger partial charge on any atom is -0.349 e. The highest BCUT2D eigenvalue weighted by atomic mass is 79.9. The largest absolute Gasteiger partial charge is 0.349 e. The number of benzene rings is 1. The van der Waals surface area contributed by atoms with Crippen LogP contribution in [0.4, 0.5) is 0 Å². The first-order chi connectivity index (χ1) is 7.40. The van der Waals surface area contributed by atoms with Crippen molar-refractivity contribution in [2.45, 2.75) is 33.2 Å². The molecule has 1 aromatic carbocycles. The Bertz CT molecular complexity index is 440. The summed E-state index contributed by atoms with van der Waals surface area (Å²) in [4.78, 5) is 12.0. The Morgan fingerprint density at radius 1 is 1.50 bits per heavy atom. The molecule has 1 atom stereocenters. The fourth-order valence-electron chi connectivity index (χ4n) is 1.79. The van der Waals surface area contributed by atoms with E-state index in [2.05, 4.69) is 35.1 Å². The summed E-state index contributed by atoms with van der Waals surface area (Å²) < 4.78 is 0.943. The van der Waals surface area contributed by atoms with Gasteiger partial charge < -0.3 is 5.32 Å². The van der Waals surface area contributed by atoms with E-state index < -0.39 is 0 Å². The summed E-state index contributed by atoms with van der Waals surface area (Å²) in [6.45, 7) is 6.30. The van der Waals surface area contributed by atoms with Gasteiger partial charge in [0.2, 0.25) is 0 Å². The summed E-state index contributed by atoms with van der Waals surface area (Å²) in [5.74, 6) is 0.0365. The molecule has 1 saturated carbocycles. The van der Waals surface area contributed by atoms with Crippen LogP contribution >= 0.6 is 15.9 Å². The summed E-state index contributed by atoms with van der Waals surface area (Å²) >= 11 is 3.39. The van der Waals surface area contributed by atoms with E-state index in [9.17, 15) is 4.79 Å². The first kappa shape index (κ1) is 11.6. The van der Waals surface area contributed by atoms with Crippen molar-refractivity contribution in [2.75, 3.05) is 0 Å². The first-order valence-corrected chi connectivity index (χ1v) is 6.26. The van der Waals surface area contributed by atoms with E-state index in [1.807, 2.05) is 25.1 Å². The van der Waals surface area contributed by atoms with Crippen LogP contribution in [0, 0.1) is 12.3 Å². The second-order valence-corrected chi connectivity index (χ2v) is 6.09. The molecule has 0 aromatic heterocycles. The molecule has 1 N–H and O–H groups in total. The second kappa shape index (κ2) is 3.88. The number of carbonyl (C=O) groups excluding carboxylic acids is 1. The van der Waals surface area contributed by atoms with E-state index in [0.717, 1.165) is 22.0 Å². The quantitative estimate of drug-likeness (QED) is 0.886. The molecular formula is C13H16BrNO. The maximum Gasteiger partial charge on any atom is 0.251 e. The molecule has 0 heterocycles. The van der Waals surface area contributed by atoms with Crippen LogP contribution in [0.2, 0.25) is 0 Å². The van der Waals surface area contributed by atoms with Crippen LogP contribution in [0.15, 0.2) is 22.7 Å². The summed E-state index contributed by atoms with van der Waals surface area (Å²) in [7, 11) is 0. The zero-order valence-corrected chi connectivity index (χ0v) is 11.4. The third-order valence-electron chi connectivity index (χ3n) is 3.26. The molecule has 1 aliphatic carbocycles. The number of rotatable bonds is 2. The topological polar surface area (TPSA) is 29.1 Å². The van der Waals surface area contributed by atoms with E-state index in [1.54, 1.807) is 0 Å². The van der Waals surface area contributed by atoms with Gasteiger partial charge in [0.25, 0.3) is 5.91 Å². The molecule has 16 heavy (non-hydrogen) atoms. The van der Waals surface area contributed by atoms with Gasteiger partial charge in [-0.25, -0.2) is 0 Å². The molecule has 1 aliphatic rings. The van der Waals surface area contributed by atoms with E-state index in [1.165, 1.54) is 0 Å². The van der Waals surface area contributed by atoms with Crippen molar-refractivity contribution in [3.8, 4) is 0 Å². The predicted octanol–water partition coefficient (Wildman–Crippen LogP) is 3.29. The molecule has 0 aliphatic heterocycles. The molecule has 1 amide bonds. The Morgan fingerprint density at radius 2 is 2.12 bits per heavy atom. The van der Waals surface area contributed by atoms with Crippen LogP contribution in [-0.2, 0) is 0 Å². The molecule has 0 saturated heterocycles. The summed E-state index contributed by atoms with van der Waals surface area (Å²) in [6.07, 6.45) is 1.08. The normalized spacial score (nSPS) is 21.6. The summed E-state index contributed by atoms with van der Waals surface area (Å²) in [5.41, 5.74) is 2.05. The number of halogens is 1. The lowest BCUT2D eigenvalue weighted by atomic mass is 10.1. The number of aryl methyl sites for hydroxylation is 1. The van der Waals surface area contributed by atoms with Crippen molar-refractivity contribution in [1.82, 2.24) is 5.32 Å². The molecule has 0 radical (unpaired) electrons.